The van der Waals surface area contributed by atoms with E-state index in [1.54, 1.807) is 0 Å². The Kier molecular flexibility index (Phi) is 9.12. The van der Waals surface area contributed by atoms with E-state index in [2.05, 4.69) is 32.6 Å². The Labute approximate surface area is 199 Å². The quantitative estimate of drug-likeness (QED) is 0.399. The molecule has 3 rings (SSSR count). The third-order valence-electron chi connectivity index (χ3n) is 7.13. The fourth-order valence-electron chi connectivity index (χ4n) is 5.24. The second kappa shape index (κ2) is 11.2. The minimum absolute atomic E-state index is 0.176. The maximum atomic E-state index is 11.1. The fourth-order valence-corrected chi connectivity index (χ4v) is 20.1. The summed E-state index contributed by atoms with van der Waals surface area (Å²) in [6.07, 6.45) is 7.42. The van der Waals surface area contributed by atoms with Crippen molar-refractivity contribution in [2.75, 3.05) is 24.7 Å². The second-order valence-corrected chi connectivity index (χ2v) is 23.3. The molecule has 1 aromatic rings. The Bertz CT molecular complexity index is 731. The Morgan fingerprint density at radius 1 is 0.969 bits per heavy atom. The Morgan fingerprint density at radius 3 is 2.09 bits per heavy atom. The number of morpholine rings is 1. The van der Waals surface area contributed by atoms with E-state index in [0.29, 0.717) is 31.3 Å². The van der Waals surface area contributed by atoms with Crippen molar-refractivity contribution in [1.82, 2.24) is 9.97 Å². The van der Waals surface area contributed by atoms with Crippen LogP contribution in [0.4, 0.5) is 5.82 Å². The molecule has 2 aliphatic rings. The molecule has 0 aromatic carbocycles. The van der Waals surface area contributed by atoms with E-state index in [0.717, 1.165) is 9.66 Å². The van der Waals surface area contributed by atoms with Gasteiger partial charge >= 0.3 is 200 Å². The average molecular weight is 554 g/mol. The molecule has 1 saturated heterocycles. The molecule has 182 valence electrons. The monoisotopic (exact) mass is 555 g/mol. The number of anilines is 1. The van der Waals surface area contributed by atoms with Crippen molar-refractivity contribution in [2.24, 2.45) is 0 Å². The van der Waals surface area contributed by atoms with Gasteiger partial charge in [-0.1, -0.05) is 0 Å². The molecular weight excluding hydrogens is 509 g/mol. The van der Waals surface area contributed by atoms with Gasteiger partial charge in [0.2, 0.25) is 0 Å². The first-order valence-electron chi connectivity index (χ1n) is 12.9. The molecule has 6 nitrogen and oxygen atoms in total. The van der Waals surface area contributed by atoms with Crippen LogP contribution in [0.2, 0.25) is 13.3 Å². The Morgan fingerprint density at radius 2 is 1.56 bits per heavy atom. The molecule has 32 heavy (non-hydrogen) atoms. The van der Waals surface area contributed by atoms with Gasteiger partial charge in [-0.2, -0.15) is 0 Å². The van der Waals surface area contributed by atoms with Crippen molar-refractivity contribution in [1.29, 1.82) is 0 Å². The molecule has 0 amide bonds. The van der Waals surface area contributed by atoms with Crippen LogP contribution in [0.3, 0.4) is 0 Å². The van der Waals surface area contributed by atoms with Crippen LogP contribution in [0.15, 0.2) is 0 Å². The van der Waals surface area contributed by atoms with Gasteiger partial charge in [-0.25, -0.2) is 0 Å². The maximum absolute atomic E-state index is 11.1. The van der Waals surface area contributed by atoms with Gasteiger partial charge in [0.1, 0.15) is 0 Å². The van der Waals surface area contributed by atoms with Crippen LogP contribution in [0.25, 0.3) is 0 Å². The van der Waals surface area contributed by atoms with Crippen LogP contribution in [0, 0.1) is 0 Å². The third-order valence-corrected chi connectivity index (χ3v) is 21.7. The van der Waals surface area contributed by atoms with Crippen LogP contribution >= 0.6 is 0 Å². The first kappa shape index (κ1) is 26.0. The first-order valence-corrected chi connectivity index (χ1v) is 20.4. The van der Waals surface area contributed by atoms with E-state index >= 15 is 0 Å². The van der Waals surface area contributed by atoms with Crippen LogP contribution in [-0.4, -0.2) is 65.4 Å². The van der Waals surface area contributed by atoms with Gasteiger partial charge in [-0.15, -0.1) is 0 Å². The molecule has 0 unspecified atom stereocenters. The number of aliphatic hydroxyl groups is 1. The van der Waals surface area contributed by atoms with E-state index in [4.69, 9.17) is 19.4 Å². The summed E-state index contributed by atoms with van der Waals surface area (Å²) >= 11 is -2.89. The number of unbranched alkanes of at least 4 members (excludes halogenated alkanes) is 3. The van der Waals surface area contributed by atoms with E-state index < -0.39 is 24.0 Å². The van der Waals surface area contributed by atoms with Crippen LogP contribution in [0.5, 0.6) is 5.75 Å². The van der Waals surface area contributed by atoms with Crippen molar-refractivity contribution in [3.8, 4) is 5.75 Å². The molecule has 0 radical (unpaired) electrons. The first-order chi connectivity index (χ1) is 15.3. The SMILES string of the molecule is CCC[CH2][Sn]([CH2]CCC)([CH2]CCC)[c]1nc2c(c(C(C)(C)O)n1)OC[C@@H]1COC[C@@H](C)N21. The molecule has 0 bridgehead atoms. The van der Waals surface area contributed by atoms with E-state index in [1.807, 2.05) is 13.8 Å². The van der Waals surface area contributed by atoms with Crippen LogP contribution < -0.4 is 13.5 Å². The predicted molar refractivity (Wildman–Crippen MR) is 134 cm³/mol. The van der Waals surface area contributed by atoms with Gasteiger partial charge in [-0.3, -0.25) is 0 Å². The van der Waals surface area contributed by atoms with Gasteiger partial charge in [0.15, 0.2) is 0 Å². The summed E-state index contributed by atoms with van der Waals surface area (Å²) in [6.45, 7) is 14.7. The number of aromatic nitrogens is 2. The molecule has 0 spiro atoms. The Balaban J connectivity index is 2.19. The number of rotatable bonds is 11. The summed E-state index contributed by atoms with van der Waals surface area (Å²) in [5, 5.41) is 11.1. The van der Waals surface area contributed by atoms with Gasteiger partial charge in [0, 0.05) is 0 Å². The molecule has 1 N–H and O–H groups in total. The Hall–Kier alpha value is -0.601. The molecule has 1 fully saturated rings. The minimum atomic E-state index is -2.89. The van der Waals surface area contributed by atoms with Crippen LogP contribution in [0.1, 0.15) is 85.8 Å². The van der Waals surface area contributed by atoms with Crippen molar-refractivity contribution in [3.05, 3.63) is 5.69 Å². The van der Waals surface area contributed by atoms with Gasteiger partial charge in [0.25, 0.3) is 0 Å². The molecule has 0 aliphatic carbocycles. The molecular formula is C25H45N3O3Sn. The normalized spacial score (nSPS) is 21.2. The molecule has 3 heterocycles. The summed E-state index contributed by atoms with van der Waals surface area (Å²) in [6, 6.07) is 0.413. The van der Waals surface area contributed by atoms with Crippen molar-refractivity contribution < 1.29 is 14.6 Å². The third kappa shape index (κ3) is 5.54. The van der Waals surface area contributed by atoms with Gasteiger partial charge in [-0.05, 0) is 0 Å². The number of fused-ring (bicyclic) bond motifs is 3. The molecule has 7 heteroatoms. The van der Waals surface area contributed by atoms with Crippen LogP contribution in [-0.2, 0) is 10.3 Å². The molecule has 2 aliphatic heterocycles. The standard InChI is InChI=1S/C13H18N3O3.3C4H9.Sn/c1-8-4-18-5-9-6-19-10-11(13(2,3)17)14-7-15-12(10)16(8)9;3*1-3-4-2;/h8-9,17H,4-6H2,1-3H3;3*1,3-4H2,2H3;/t8-,9+;;;;/m1..../s1. The predicted octanol–water partition coefficient (Wildman–Crippen LogP) is 4.75. The molecule has 2 atom stereocenters. The average Bonchev–Trinajstić information content (AvgIpc) is 2.77. The van der Waals surface area contributed by atoms with Crippen molar-refractivity contribution in [2.45, 2.75) is 111 Å². The molecule has 0 saturated carbocycles. The fraction of sp³-hybridized carbons (Fsp3) is 0.840. The summed E-state index contributed by atoms with van der Waals surface area (Å²) in [4.78, 5) is 13.0. The second-order valence-electron chi connectivity index (χ2n) is 10.5. The summed E-state index contributed by atoms with van der Waals surface area (Å²) < 4.78 is 17.1. The summed E-state index contributed by atoms with van der Waals surface area (Å²) in [5.41, 5.74) is -0.387. The van der Waals surface area contributed by atoms with E-state index in [9.17, 15) is 5.11 Å². The number of ether oxygens (including phenoxy) is 2. The topological polar surface area (TPSA) is 67.7 Å². The van der Waals surface area contributed by atoms with E-state index in [1.165, 1.54) is 51.8 Å². The molecule has 1 aromatic heterocycles. The zero-order chi connectivity index (χ0) is 23.4. The van der Waals surface area contributed by atoms with Crippen molar-refractivity contribution in [3.63, 3.8) is 0 Å². The summed E-state index contributed by atoms with van der Waals surface area (Å²) in [5.74, 6) is 1.60. The van der Waals surface area contributed by atoms with Gasteiger partial charge in [0.05, 0.1) is 0 Å². The summed E-state index contributed by atoms with van der Waals surface area (Å²) in [7, 11) is 0. The zero-order valence-corrected chi connectivity index (χ0v) is 24.1. The zero-order valence-electron chi connectivity index (χ0n) is 21.2. The van der Waals surface area contributed by atoms with Crippen molar-refractivity contribution >= 4 is 28.0 Å². The number of nitrogens with zero attached hydrogens (tertiary/aromatic N) is 3. The number of hydrogen-bond acceptors (Lipinski definition) is 6. The van der Waals surface area contributed by atoms with Gasteiger partial charge < -0.3 is 0 Å². The van der Waals surface area contributed by atoms with E-state index in [-0.39, 0.29) is 12.1 Å². The number of hydrogen-bond donors (Lipinski definition) is 1.